The van der Waals surface area contributed by atoms with Crippen LogP contribution in [0.15, 0.2) is 42.5 Å². The van der Waals surface area contributed by atoms with Crippen molar-refractivity contribution in [2.45, 2.75) is 32.1 Å². The molecule has 0 unspecified atom stereocenters. The van der Waals surface area contributed by atoms with Gasteiger partial charge in [-0.3, -0.25) is 0 Å². The van der Waals surface area contributed by atoms with Gasteiger partial charge < -0.3 is 10.0 Å². The Kier molecular flexibility index (Phi) is 3.19. The highest BCUT2D eigenvalue weighted by atomic mass is 16.4. The minimum Gasteiger partial charge on any atom is -0.423 e. The molecule has 0 spiro atoms. The van der Waals surface area contributed by atoms with Crippen LogP contribution < -0.4 is 5.46 Å². The Hall–Kier alpha value is -1.58. The first kappa shape index (κ1) is 13.4. The van der Waals surface area contributed by atoms with E-state index in [4.69, 9.17) is 0 Å². The average Bonchev–Trinajstić information content (AvgIpc) is 2.77. The summed E-state index contributed by atoms with van der Waals surface area (Å²) in [6, 6.07) is 14.3. The first-order valence-corrected chi connectivity index (χ1v) is 7.24. The highest BCUT2D eigenvalue weighted by Crippen LogP contribution is 2.51. The van der Waals surface area contributed by atoms with E-state index in [1.165, 1.54) is 22.3 Å². The maximum absolute atomic E-state index is 9.44. The van der Waals surface area contributed by atoms with E-state index in [1.807, 2.05) is 18.2 Å². The molecule has 2 N–H and O–H groups in total. The number of hydrogen-bond donors (Lipinski definition) is 2. The molecule has 1 aliphatic rings. The molecule has 1 aliphatic carbocycles. The normalized spacial score (nSPS) is 14.8. The summed E-state index contributed by atoms with van der Waals surface area (Å²) in [5.74, 6) is 0. The highest BCUT2D eigenvalue weighted by molar-refractivity contribution is 6.58. The molecule has 0 amide bonds. The molecule has 0 radical (unpaired) electrons. The third-order valence-electron chi connectivity index (χ3n) is 4.80. The van der Waals surface area contributed by atoms with Crippen LogP contribution in [0.4, 0.5) is 0 Å². The SMILES string of the molecule is CCC1(CC)c2ccccc2-c2ccc(B(O)O)cc21. The van der Waals surface area contributed by atoms with Gasteiger partial charge in [0.15, 0.2) is 0 Å². The van der Waals surface area contributed by atoms with Crippen molar-refractivity contribution in [2.75, 3.05) is 0 Å². The van der Waals surface area contributed by atoms with Crippen LogP contribution in [0.25, 0.3) is 11.1 Å². The van der Waals surface area contributed by atoms with E-state index in [1.54, 1.807) is 0 Å². The van der Waals surface area contributed by atoms with Gasteiger partial charge in [-0.2, -0.15) is 0 Å². The smallest absolute Gasteiger partial charge is 0.423 e. The number of hydrogen-bond acceptors (Lipinski definition) is 2. The van der Waals surface area contributed by atoms with Crippen LogP contribution in [-0.4, -0.2) is 17.2 Å². The summed E-state index contributed by atoms with van der Waals surface area (Å²) in [7, 11) is -1.41. The third-order valence-corrected chi connectivity index (χ3v) is 4.80. The van der Waals surface area contributed by atoms with E-state index in [0.29, 0.717) is 5.46 Å². The van der Waals surface area contributed by atoms with Gasteiger partial charge in [0.25, 0.3) is 0 Å². The van der Waals surface area contributed by atoms with Gasteiger partial charge in [0.05, 0.1) is 0 Å². The van der Waals surface area contributed by atoms with Crippen molar-refractivity contribution in [2.24, 2.45) is 0 Å². The molecule has 0 saturated carbocycles. The summed E-state index contributed by atoms with van der Waals surface area (Å²) in [5.41, 5.74) is 5.68. The first-order valence-electron chi connectivity index (χ1n) is 7.24. The Morgan fingerprint density at radius 2 is 1.55 bits per heavy atom. The predicted molar refractivity (Wildman–Crippen MR) is 83.1 cm³/mol. The lowest BCUT2D eigenvalue weighted by atomic mass is 9.71. The van der Waals surface area contributed by atoms with Crippen LogP contribution >= 0.6 is 0 Å². The molecular formula is C17H19BO2. The predicted octanol–water partition coefficient (Wildman–Crippen LogP) is 2.45. The van der Waals surface area contributed by atoms with Gasteiger partial charge in [0, 0.05) is 5.41 Å². The molecule has 0 fully saturated rings. The quantitative estimate of drug-likeness (QED) is 0.838. The van der Waals surface area contributed by atoms with Crippen molar-refractivity contribution < 1.29 is 10.0 Å². The third kappa shape index (κ3) is 1.67. The molecule has 102 valence electrons. The molecule has 0 atom stereocenters. The topological polar surface area (TPSA) is 40.5 Å². The van der Waals surface area contributed by atoms with Gasteiger partial charge in [-0.15, -0.1) is 0 Å². The molecule has 0 bridgehead atoms. The van der Waals surface area contributed by atoms with Gasteiger partial charge in [-0.05, 0) is 40.6 Å². The Bertz CT molecular complexity index is 645. The molecule has 2 aromatic carbocycles. The largest absolute Gasteiger partial charge is 0.488 e. The first-order chi connectivity index (χ1) is 9.64. The fraction of sp³-hybridized carbons (Fsp3) is 0.294. The van der Waals surface area contributed by atoms with E-state index in [-0.39, 0.29) is 5.41 Å². The lowest BCUT2D eigenvalue weighted by molar-refractivity contribution is 0.425. The van der Waals surface area contributed by atoms with Crippen molar-refractivity contribution in [3.8, 4) is 11.1 Å². The van der Waals surface area contributed by atoms with Crippen molar-refractivity contribution in [1.29, 1.82) is 0 Å². The summed E-state index contributed by atoms with van der Waals surface area (Å²) >= 11 is 0. The molecule has 20 heavy (non-hydrogen) atoms. The summed E-state index contributed by atoms with van der Waals surface area (Å²) in [5, 5.41) is 18.9. The molecule has 0 aromatic heterocycles. The Morgan fingerprint density at radius 1 is 0.900 bits per heavy atom. The summed E-state index contributed by atoms with van der Waals surface area (Å²) in [6.45, 7) is 4.41. The molecule has 0 heterocycles. The van der Waals surface area contributed by atoms with E-state index < -0.39 is 7.12 Å². The fourth-order valence-corrected chi connectivity index (χ4v) is 3.65. The highest BCUT2D eigenvalue weighted by Gasteiger charge is 2.40. The molecular weight excluding hydrogens is 247 g/mol. The zero-order valence-electron chi connectivity index (χ0n) is 11.9. The van der Waals surface area contributed by atoms with Crippen molar-refractivity contribution in [3.05, 3.63) is 53.6 Å². The second-order valence-corrected chi connectivity index (χ2v) is 5.51. The lowest BCUT2D eigenvalue weighted by Gasteiger charge is -2.29. The second kappa shape index (κ2) is 4.76. The Morgan fingerprint density at radius 3 is 2.20 bits per heavy atom. The van der Waals surface area contributed by atoms with Crippen LogP contribution in [0.1, 0.15) is 37.8 Å². The van der Waals surface area contributed by atoms with Gasteiger partial charge in [-0.1, -0.05) is 56.3 Å². The number of fused-ring (bicyclic) bond motifs is 3. The minimum atomic E-state index is -1.41. The van der Waals surface area contributed by atoms with Crippen LogP contribution in [-0.2, 0) is 5.41 Å². The van der Waals surface area contributed by atoms with Crippen molar-refractivity contribution in [1.82, 2.24) is 0 Å². The molecule has 3 rings (SSSR count). The van der Waals surface area contributed by atoms with Crippen molar-refractivity contribution >= 4 is 12.6 Å². The summed E-state index contributed by atoms with van der Waals surface area (Å²) < 4.78 is 0. The lowest BCUT2D eigenvalue weighted by Crippen LogP contribution is -2.32. The standard InChI is InChI=1S/C17H19BO2/c1-3-17(4-2)15-8-6-5-7-13(15)14-10-9-12(18(19)20)11-16(14)17/h5-11,19-20H,3-4H2,1-2H3. The monoisotopic (exact) mass is 266 g/mol. The maximum Gasteiger partial charge on any atom is 0.488 e. The molecule has 0 saturated heterocycles. The Balaban J connectivity index is 2.31. The summed E-state index contributed by atoms with van der Waals surface area (Å²) in [4.78, 5) is 0. The maximum atomic E-state index is 9.44. The zero-order valence-corrected chi connectivity index (χ0v) is 11.9. The number of rotatable bonds is 3. The van der Waals surface area contributed by atoms with Gasteiger partial charge in [0.1, 0.15) is 0 Å². The van der Waals surface area contributed by atoms with Crippen molar-refractivity contribution in [3.63, 3.8) is 0 Å². The van der Waals surface area contributed by atoms with E-state index in [0.717, 1.165) is 12.8 Å². The van der Waals surface area contributed by atoms with Gasteiger partial charge in [0.2, 0.25) is 0 Å². The molecule has 0 aliphatic heterocycles. The van der Waals surface area contributed by atoms with E-state index in [9.17, 15) is 10.0 Å². The number of benzene rings is 2. The minimum absolute atomic E-state index is 0.00315. The summed E-state index contributed by atoms with van der Waals surface area (Å²) in [6.07, 6.45) is 2.02. The molecule has 3 heteroatoms. The molecule has 2 nitrogen and oxygen atoms in total. The fourth-order valence-electron chi connectivity index (χ4n) is 3.65. The van der Waals surface area contributed by atoms with E-state index in [2.05, 4.69) is 38.1 Å². The second-order valence-electron chi connectivity index (χ2n) is 5.51. The van der Waals surface area contributed by atoms with Crippen LogP contribution in [0.3, 0.4) is 0 Å². The zero-order chi connectivity index (χ0) is 14.3. The van der Waals surface area contributed by atoms with E-state index >= 15 is 0 Å². The van der Waals surface area contributed by atoms with Crippen LogP contribution in [0.5, 0.6) is 0 Å². The Labute approximate surface area is 120 Å². The van der Waals surface area contributed by atoms with Gasteiger partial charge >= 0.3 is 7.12 Å². The van der Waals surface area contributed by atoms with Crippen LogP contribution in [0, 0.1) is 0 Å². The van der Waals surface area contributed by atoms with Crippen LogP contribution in [0.2, 0.25) is 0 Å². The average molecular weight is 266 g/mol. The molecule has 2 aromatic rings. The van der Waals surface area contributed by atoms with Gasteiger partial charge in [-0.25, -0.2) is 0 Å².